The van der Waals surface area contributed by atoms with Crippen molar-refractivity contribution in [1.82, 2.24) is 14.9 Å². The van der Waals surface area contributed by atoms with Gasteiger partial charge in [-0.3, -0.25) is 9.69 Å². The first-order valence-electron chi connectivity index (χ1n) is 14.7. The van der Waals surface area contributed by atoms with Crippen molar-refractivity contribution in [3.8, 4) is 0 Å². The lowest BCUT2D eigenvalue weighted by atomic mass is 9.96. The minimum atomic E-state index is -0.734. The van der Waals surface area contributed by atoms with E-state index in [1.165, 1.54) is 11.1 Å². The Labute approximate surface area is 245 Å². The lowest BCUT2D eigenvalue weighted by Gasteiger charge is -2.40. The van der Waals surface area contributed by atoms with Crippen molar-refractivity contribution in [2.45, 2.75) is 24.8 Å². The van der Waals surface area contributed by atoms with Crippen LogP contribution in [-0.2, 0) is 14.3 Å². The second kappa shape index (κ2) is 13.0. The molecule has 2 N–H and O–H groups in total. The van der Waals surface area contributed by atoms with Crippen LogP contribution in [0.2, 0.25) is 0 Å². The number of carboxylic acid groups (broad SMARTS) is 1. The zero-order chi connectivity index (χ0) is 28.9. The van der Waals surface area contributed by atoms with Gasteiger partial charge >= 0.3 is 5.97 Å². The van der Waals surface area contributed by atoms with Crippen LogP contribution < -0.4 is 4.90 Å². The fourth-order valence-corrected chi connectivity index (χ4v) is 6.06. The number of aromatic nitrogens is 2. The van der Waals surface area contributed by atoms with E-state index in [0.717, 1.165) is 56.1 Å². The van der Waals surface area contributed by atoms with Crippen molar-refractivity contribution in [3.63, 3.8) is 0 Å². The van der Waals surface area contributed by atoms with E-state index in [2.05, 4.69) is 75.4 Å². The van der Waals surface area contributed by atoms with Gasteiger partial charge in [0.1, 0.15) is 11.6 Å². The minimum absolute atomic E-state index is 0.193. The molecule has 42 heavy (non-hydrogen) atoms. The molecule has 2 unspecified atom stereocenters. The van der Waals surface area contributed by atoms with Gasteiger partial charge in [0.15, 0.2) is 0 Å². The molecule has 0 spiro atoms. The first-order chi connectivity index (χ1) is 20.6. The van der Waals surface area contributed by atoms with Crippen LogP contribution in [0.25, 0.3) is 11.0 Å². The van der Waals surface area contributed by atoms with Gasteiger partial charge in [-0.15, -0.1) is 0 Å². The molecule has 1 aromatic heterocycles. The molecule has 9 heteroatoms. The minimum Gasteiger partial charge on any atom is -0.481 e. The maximum absolute atomic E-state index is 15.1. The summed E-state index contributed by atoms with van der Waals surface area (Å²) in [4.78, 5) is 22.9. The number of hydrogen-bond donors (Lipinski definition) is 2. The van der Waals surface area contributed by atoms with Crippen molar-refractivity contribution in [2.75, 3.05) is 57.5 Å². The molecule has 3 aliphatic heterocycles. The monoisotopic (exact) mass is 572 g/mol. The van der Waals surface area contributed by atoms with Crippen LogP contribution in [0.3, 0.4) is 0 Å². The van der Waals surface area contributed by atoms with Crippen LogP contribution in [0, 0.1) is 11.7 Å². The third kappa shape index (κ3) is 6.33. The number of aliphatic carboxylic acids is 1. The quantitative estimate of drug-likeness (QED) is 0.327. The number of benzene rings is 3. The molecule has 0 amide bonds. The summed E-state index contributed by atoms with van der Waals surface area (Å²) in [6.07, 6.45) is 1.64. The first-order valence-corrected chi connectivity index (χ1v) is 14.7. The number of nitrogens with one attached hydrogen (secondary N) is 1. The van der Waals surface area contributed by atoms with E-state index in [4.69, 9.17) is 19.6 Å². The van der Waals surface area contributed by atoms with Gasteiger partial charge in [-0.1, -0.05) is 60.7 Å². The molecular weight excluding hydrogens is 535 g/mol. The molecule has 2 atom stereocenters. The molecule has 0 radical (unpaired) electrons. The number of nitrogens with zero attached hydrogens (tertiary/aromatic N) is 3. The van der Waals surface area contributed by atoms with Gasteiger partial charge in [-0.25, -0.2) is 9.37 Å². The highest BCUT2D eigenvalue weighted by Gasteiger charge is 2.28. The molecule has 0 bridgehead atoms. The van der Waals surface area contributed by atoms with Gasteiger partial charge in [0, 0.05) is 51.4 Å². The van der Waals surface area contributed by atoms with Gasteiger partial charge in [-0.05, 0) is 30.0 Å². The maximum Gasteiger partial charge on any atom is 0.308 e. The fourth-order valence-electron chi connectivity index (χ4n) is 6.06. The molecule has 3 aromatic carbocycles. The van der Waals surface area contributed by atoms with Crippen molar-refractivity contribution >= 4 is 22.7 Å². The van der Waals surface area contributed by atoms with Crippen LogP contribution in [0.1, 0.15) is 41.8 Å². The summed E-state index contributed by atoms with van der Waals surface area (Å²) in [7, 11) is 0. The highest BCUT2D eigenvalue weighted by molar-refractivity contribution is 5.80. The number of carbonyl (C=O) groups is 1. The zero-order valence-electron chi connectivity index (χ0n) is 23.6. The number of fused-ring (bicyclic) bond motifs is 1. The number of anilines is 1. The van der Waals surface area contributed by atoms with Gasteiger partial charge in [0.2, 0.25) is 0 Å². The number of rotatable bonds is 6. The number of ether oxygens (including phenoxy) is 2. The van der Waals surface area contributed by atoms with E-state index in [1.807, 2.05) is 6.07 Å². The number of aromatic amines is 1. The normalized spacial score (nSPS) is 21.0. The van der Waals surface area contributed by atoms with E-state index in [9.17, 15) is 4.79 Å². The second-order valence-corrected chi connectivity index (χ2v) is 11.1. The molecule has 0 aliphatic carbocycles. The summed E-state index contributed by atoms with van der Waals surface area (Å²) < 4.78 is 25.5. The first kappa shape index (κ1) is 28.3. The Hall–Kier alpha value is -3.79. The number of H-pyrrole nitrogens is 1. The van der Waals surface area contributed by atoms with Crippen molar-refractivity contribution in [2.24, 2.45) is 5.92 Å². The summed E-state index contributed by atoms with van der Waals surface area (Å²) >= 11 is 0. The predicted molar refractivity (Wildman–Crippen MR) is 159 cm³/mol. The number of halogens is 1. The highest BCUT2D eigenvalue weighted by Crippen LogP contribution is 2.33. The third-order valence-electron chi connectivity index (χ3n) is 8.41. The Morgan fingerprint density at radius 1 is 0.905 bits per heavy atom. The van der Waals surface area contributed by atoms with Crippen LogP contribution in [0.5, 0.6) is 0 Å². The van der Waals surface area contributed by atoms with Crippen LogP contribution in [-0.4, -0.2) is 78.6 Å². The average Bonchev–Trinajstić information content (AvgIpc) is 3.81. The van der Waals surface area contributed by atoms with E-state index in [1.54, 1.807) is 6.07 Å². The molecule has 7 rings (SSSR count). The second-order valence-electron chi connectivity index (χ2n) is 11.1. The van der Waals surface area contributed by atoms with E-state index in [-0.39, 0.29) is 23.7 Å². The number of piperazine rings is 1. The zero-order valence-corrected chi connectivity index (χ0v) is 23.6. The standard InChI is InChI=1S/C28H29FN4O.C5H8O3/c29-23-17-24-25(31-28(30-24)22-11-16-34-19-22)18-26(23)32-12-14-33(15-13-32)27(20-7-3-1-4-8-20)21-9-5-2-6-10-21;6-5(7)4-1-2-8-3-4/h1-10,17-18,22,27H,11-16,19H2,(H,30,31);4H,1-3H2,(H,6,7). The van der Waals surface area contributed by atoms with Crippen LogP contribution in [0.15, 0.2) is 72.8 Å². The largest absolute Gasteiger partial charge is 0.481 e. The van der Waals surface area contributed by atoms with Crippen molar-refractivity contribution in [1.29, 1.82) is 0 Å². The fraction of sp³-hybridized carbons (Fsp3) is 0.394. The molecule has 220 valence electrons. The summed E-state index contributed by atoms with van der Waals surface area (Å²) in [6.45, 7) is 5.71. The molecule has 0 saturated carbocycles. The Balaban J connectivity index is 0.000000343. The molecule has 3 aliphatic rings. The highest BCUT2D eigenvalue weighted by atomic mass is 19.1. The summed E-state index contributed by atoms with van der Waals surface area (Å²) in [5.41, 5.74) is 4.80. The Kier molecular flexibility index (Phi) is 8.79. The van der Waals surface area contributed by atoms with Gasteiger partial charge < -0.3 is 24.5 Å². The lowest BCUT2D eigenvalue weighted by Crippen LogP contribution is -2.48. The van der Waals surface area contributed by atoms with Crippen LogP contribution in [0.4, 0.5) is 10.1 Å². The molecule has 8 nitrogen and oxygen atoms in total. The number of hydrogen-bond acceptors (Lipinski definition) is 6. The number of carboxylic acids is 1. The maximum atomic E-state index is 15.1. The molecule has 4 heterocycles. The third-order valence-corrected chi connectivity index (χ3v) is 8.41. The Morgan fingerprint density at radius 3 is 2.10 bits per heavy atom. The van der Waals surface area contributed by atoms with Gasteiger partial charge in [0.25, 0.3) is 0 Å². The molecule has 3 fully saturated rings. The summed E-state index contributed by atoms with van der Waals surface area (Å²) in [5.74, 6) is 0.0109. The summed E-state index contributed by atoms with van der Waals surface area (Å²) in [6, 6.07) is 25.0. The van der Waals surface area contributed by atoms with E-state index < -0.39 is 5.97 Å². The molecular formula is C33H37FN4O4. The Bertz CT molecular complexity index is 1420. The summed E-state index contributed by atoms with van der Waals surface area (Å²) in [5, 5.41) is 8.33. The number of imidazole rings is 1. The van der Waals surface area contributed by atoms with Gasteiger partial charge in [0.05, 0.1) is 41.9 Å². The van der Waals surface area contributed by atoms with E-state index in [0.29, 0.717) is 31.9 Å². The smallest absolute Gasteiger partial charge is 0.308 e. The predicted octanol–water partition coefficient (Wildman–Crippen LogP) is 5.23. The van der Waals surface area contributed by atoms with E-state index >= 15 is 4.39 Å². The average molecular weight is 573 g/mol. The van der Waals surface area contributed by atoms with Crippen LogP contribution >= 0.6 is 0 Å². The van der Waals surface area contributed by atoms with Gasteiger partial charge in [-0.2, -0.15) is 0 Å². The SMILES string of the molecule is Fc1cc2[nH]c(C3CCOC3)nc2cc1N1CCN(C(c2ccccc2)c2ccccc2)CC1.O=C(O)C1CCOC1. The lowest BCUT2D eigenvalue weighted by molar-refractivity contribution is -0.141. The van der Waals surface area contributed by atoms with Crippen molar-refractivity contribution in [3.05, 3.63) is 95.6 Å². The molecule has 3 saturated heterocycles. The molecule has 4 aromatic rings. The Morgan fingerprint density at radius 2 is 1.55 bits per heavy atom. The van der Waals surface area contributed by atoms with Crippen molar-refractivity contribution < 1.29 is 23.8 Å². The topological polar surface area (TPSA) is 90.9 Å².